The van der Waals surface area contributed by atoms with E-state index in [0.29, 0.717) is 17.9 Å². The van der Waals surface area contributed by atoms with Crippen LogP contribution in [0.1, 0.15) is 76.5 Å². The Morgan fingerprint density at radius 2 is 1.94 bits per heavy atom. The summed E-state index contributed by atoms with van der Waals surface area (Å²) in [5.41, 5.74) is 1.24. The third-order valence-corrected chi connectivity index (χ3v) is 4.27. The fourth-order valence-corrected chi connectivity index (χ4v) is 3.35. The van der Waals surface area contributed by atoms with Gasteiger partial charge in [-0.2, -0.15) is 0 Å². The maximum atomic E-state index is 4.82. The van der Waals surface area contributed by atoms with Gasteiger partial charge in [0.2, 0.25) is 0 Å². The average molecular weight is 268 g/mol. The number of aromatic nitrogens is 1. The number of hydrogen-bond acceptors (Lipinski definition) is 3. The molecule has 0 amide bonds. The van der Waals surface area contributed by atoms with Crippen LogP contribution in [-0.2, 0) is 0 Å². The molecule has 0 aliphatic carbocycles. The second-order valence-electron chi connectivity index (χ2n) is 5.46. The predicted molar refractivity (Wildman–Crippen MR) is 81.3 cm³/mol. The van der Waals surface area contributed by atoms with Crippen molar-refractivity contribution in [3.63, 3.8) is 0 Å². The first kappa shape index (κ1) is 15.6. The second-order valence-corrected chi connectivity index (χ2v) is 6.35. The van der Waals surface area contributed by atoms with Crippen molar-refractivity contribution in [1.29, 1.82) is 0 Å². The molecule has 1 aromatic rings. The molecule has 0 aliphatic heterocycles. The molecule has 1 heterocycles. The molecule has 104 valence electrons. The molecule has 2 nitrogen and oxygen atoms in total. The third-order valence-electron chi connectivity index (χ3n) is 3.32. The van der Waals surface area contributed by atoms with Gasteiger partial charge >= 0.3 is 0 Å². The molecule has 0 radical (unpaired) electrons. The van der Waals surface area contributed by atoms with Gasteiger partial charge in [0.05, 0.1) is 11.7 Å². The summed E-state index contributed by atoms with van der Waals surface area (Å²) in [4.78, 5) is 4.82. The Balaban J connectivity index is 2.79. The van der Waals surface area contributed by atoms with Crippen LogP contribution in [0.3, 0.4) is 0 Å². The molecule has 1 aromatic heterocycles. The number of nitrogens with one attached hydrogen (secondary N) is 1. The molecule has 0 saturated carbocycles. The molecule has 3 heteroatoms. The van der Waals surface area contributed by atoms with Gasteiger partial charge in [-0.3, -0.25) is 0 Å². The van der Waals surface area contributed by atoms with Crippen LogP contribution >= 0.6 is 11.3 Å². The Labute approximate surface area is 116 Å². The SMILES string of the molecule is CCCNC(c1nc(C(C)C)cs1)C(C)CCC. The van der Waals surface area contributed by atoms with E-state index in [1.54, 1.807) is 0 Å². The highest BCUT2D eigenvalue weighted by molar-refractivity contribution is 7.09. The fraction of sp³-hybridized carbons (Fsp3) is 0.800. The molecule has 2 atom stereocenters. The van der Waals surface area contributed by atoms with Crippen LogP contribution in [0.25, 0.3) is 0 Å². The molecule has 1 rings (SSSR count). The van der Waals surface area contributed by atoms with Crippen LogP contribution < -0.4 is 5.32 Å². The molecule has 0 spiro atoms. The van der Waals surface area contributed by atoms with Gasteiger partial charge in [0, 0.05) is 5.38 Å². The van der Waals surface area contributed by atoms with Crippen molar-refractivity contribution in [2.45, 2.75) is 65.8 Å². The van der Waals surface area contributed by atoms with Gasteiger partial charge < -0.3 is 5.32 Å². The predicted octanol–water partition coefficient (Wildman–Crippen LogP) is 4.74. The van der Waals surface area contributed by atoms with Gasteiger partial charge in [0.1, 0.15) is 5.01 Å². The molecular formula is C15H28N2S. The molecule has 1 N–H and O–H groups in total. The third kappa shape index (κ3) is 4.36. The average Bonchev–Trinajstić information content (AvgIpc) is 2.79. The van der Waals surface area contributed by atoms with E-state index in [-0.39, 0.29) is 0 Å². The quantitative estimate of drug-likeness (QED) is 0.736. The van der Waals surface area contributed by atoms with Gasteiger partial charge in [-0.05, 0) is 31.2 Å². The molecule has 0 fully saturated rings. The number of hydrogen-bond donors (Lipinski definition) is 1. The molecule has 18 heavy (non-hydrogen) atoms. The largest absolute Gasteiger partial charge is 0.308 e. The molecular weight excluding hydrogens is 240 g/mol. The van der Waals surface area contributed by atoms with Gasteiger partial charge in [0.25, 0.3) is 0 Å². The van der Waals surface area contributed by atoms with Gasteiger partial charge in [-0.25, -0.2) is 4.98 Å². The monoisotopic (exact) mass is 268 g/mol. The summed E-state index contributed by atoms with van der Waals surface area (Å²) >= 11 is 1.82. The van der Waals surface area contributed by atoms with Gasteiger partial charge in [-0.15, -0.1) is 11.3 Å². The summed E-state index contributed by atoms with van der Waals surface area (Å²) < 4.78 is 0. The number of rotatable bonds is 8. The standard InChI is InChI=1S/C15H28N2S/c1-6-8-12(5)14(16-9-7-2)15-17-13(10-18-15)11(3)4/h10-12,14,16H,6-9H2,1-5H3. The van der Waals surface area contributed by atoms with Crippen LogP contribution in [0, 0.1) is 5.92 Å². The lowest BCUT2D eigenvalue weighted by Crippen LogP contribution is -2.27. The highest BCUT2D eigenvalue weighted by Crippen LogP contribution is 2.29. The van der Waals surface area contributed by atoms with Crippen molar-refractivity contribution in [3.05, 3.63) is 16.1 Å². The zero-order valence-corrected chi connectivity index (χ0v) is 13.3. The highest BCUT2D eigenvalue weighted by atomic mass is 32.1. The zero-order valence-electron chi connectivity index (χ0n) is 12.5. The number of thiazole rings is 1. The Kier molecular flexibility index (Phi) is 6.87. The van der Waals surface area contributed by atoms with E-state index in [4.69, 9.17) is 4.98 Å². The first-order valence-corrected chi connectivity index (χ1v) is 8.16. The minimum Gasteiger partial charge on any atom is -0.308 e. The molecule has 0 aromatic carbocycles. The first-order chi connectivity index (χ1) is 8.60. The van der Waals surface area contributed by atoms with E-state index >= 15 is 0 Å². The smallest absolute Gasteiger partial charge is 0.110 e. The molecule has 0 saturated heterocycles. The minimum absolute atomic E-state index is 0.433. The molecule has 0 aliphatic rings. The van der Waals surface area contributed by atoms with Crippen molar-refractivity contribution in [3.8, 4) is 0 Å². The summed E-state index contributed by atoms with van der Waals surface area (Å²) in [6, 6.07) is 0.433. The normalized spacial score (nSPS) is 15.0. The maximum absolute atomic E-state index is 4.82. The van der Waals surface area contributed by atoms with Crippen molar-refractivity contribution in [2.24, 2.45) is 5.92 Å². The summed E-state index contributed by atoms with van der Waals surface area (Å²) in [5, 5.41) is 7.16. The zero-order chi connectivity index (χ0) is 13.5. The maximum Gasteiger partial charge on any atom is 0.110 e. The molecule has 0 bridgehead atoms. The summed E-state index contributed by atoms with van der Waals surface area (Å²) in [7, 11) is 0. The Morgan fingerprint density at radius 1 is 1.22 bits per heavy atom. The minimum atomic E-state index is 0.433. The van der Waals surface area contributed by atoms with Crippen LogP contribution in [-0.4, -0.2) is 11.5 Å². The lowest BCUT2D eigenvalue weighted by molar-refractivity contribution is 0.362. The topological polar surface area (TPSA) is 24.9 Å². The lowest BCUT2D eigenvalue weighted by Gasteiger charge is -2.23. The van der Waals surface area contributed by atoms with E-state index in [9.17, 15) is 0 Å². The van der Waals surface area contributed by atoms with Crippen LogP contribution in [0.4, 0.5) is 0 Å². The van der Waals surface area contributed by atoms with E-state index in [1.807, 2.05) is 11.3 Å². The van der Waals surface area contributed by atoms with Gasteiger partial charge in [-0.1, -0.05) is 41.0 Å². The van der Waals surface area contributed by atoms with Crippen molar-refractivity contribution in [1.82, 2.24) is 10.3 Å². The van der Waals surface area contributed by atoms with E-state index < -0.39 is 0 Å². The summed E-state index contributed by atoms with van der Waals surface area (Å²) in [6.07, 6.45) is 3.68. The summed E-state index contributed by atoms with van der Waals surface area (Å²) in [6.45, 7) is 12.3. The Morgan fingerprint density at radius 3 is 2.44 bits per heavy atom. The van der Waals surface area contributed by atoms with Crippen molar-refractivity contribution in [2.75, 3.05) is 6.54 Å². The van der Waals surface area contributed by atoms with Crippen LogP contribution in [0.2, 0.25) is 0 Å². The van der Waals surface area contributed by atoms with Crippen LogP contribution in [0.15, 0.2) is 5.38 Å². The second kappa shape index (κ2) is 7.90. The summed E-state index contributed by atoms with van der Waals surface area (Å²) in [5.74, 6) is 1.19. The van der Waals surface area contributed by atoms with E-state index in [2.05, 4.69) is 45.3 Å². The van der Waals surface area contributed by atoms with E-state index in [0.717, 1.165) is 6.54 Å². The van der Waals surface area contributed by atoms with E-state index in [1.165, 1.54) is 30.0 Å². The van der Waals surface area contributed by atoms with Gasteiger partial charge in [0.15, 0.2) is 0 Å². The lowest BCUT2D eigenvalue weighted by atomic mass is 9.97. The highest BCUT2D eigenvalue weighted by Gasteiger charge is 2.21. The fourth-order valence-electron chi connectivity index (χ4n) is 2.16. The van der Waals surface area contributed by atoms with Crippen LogP contribution in [0.5, 0.6) is 0 Å². The molecule has 2 unspecified atom stereocenters. The number of nitrogens with zero attached hydrogens (tertiary/aromatic N) is 1. The Bertz CT molecular complexity index is 333. The van der Waals surface area contributed by atoms with Crippen molar-refractivity contribution >= 4 is 11.3 Å². The van der Waals surface area contributed by atoms with Crippen molar-refractivity contribution < 1.29 is 0 Å². The Hall–Kier alpha value is -0.410. The first-order valence-electron chi connectivity index (χ1n) is 7.28.